The van der Waals surface area contributed by atoms with E-state index in [0.717, 1.165) is 28.7 Å². The van der Waals surface area contributed by atoms with Gasteiger partial charge in [-0.05, 0) is 67.6 Å². The average molecular weight is 329 g/mol. The van der Waals surface area contributed by atoms with Gasteiger partial charge in [0.2, 0.25) is 0 Å². The van der Waals surface area contributed by atoms with Crippen molar-refractivity contribution in [2.45, 2.75) is 32.6 Å². The van der Waals surface area contributed by atoms with E-state index < -0.39 is 0 Å². The van der Waals surface area contributed by atoms with Gasteiger partial charge >= 0.3 is 5.97 Å². The van der Waals surface area contributed by atoms with Crippen LogP contribution >= 0.6 is 0 Å². The van der Waals surface area contributed by atoms with Crippen LogP contribution in [0.4, 0.5) is 4.39 Å². The van der Waals surface area contributed by atoms with Crippen molar-refractivity contribution in [3.8, 4) is 0 Å². The Bertz CT molecular complexity index is 683. The van der Waals surface area contributed by atoms with Crippen molar-refractivity contribution < 1.29 is 13.9 Å². The van der Waals surface area contributed by atoms with Gasteiger partial charge in [-0.2, -0.15) is 0 Å². The molecule has 24 heavy (non-hydrogen) atoms. The molecule has 2 aromatic rings. The van der Waals surface area contributed by atoms with Crippen LogP contribution in [0.2, 0.25) is 0 Å². The second kappa shape index (κ2) is 8.60. The molecule has 0 amide bonds. The topological polar surface area (TPSA) is 52.3 Å². The number of hydrogen-bond acceptors (Lipinski definition) is 3. The SMILES string of the molecule is CCOC(=O)C(C)c1cc(CCN)cc(Cc2ccc(F)cc2)c1. The minimum Gasteiger partial charge on any atom is -0.466 e. The molecule has 4 heteroatoms. The van der Waals surface area contributed by atoms with Crippen molar-refractivity contribution >= 4 is 5.97 Å². The molecule has 0 heterocycles. The third-order valence-corrected chi connectivity index (χ3v) is 3.97. The Kier molecular flexibility index (Phi) is 6.50. The van der Waals surface area contributed by atoms with E-state index in [0.29, 0.717) is 19.6 Å². The highest BCUT2D eigenvalue weighted by Crippen LogP contribution is 2.22. The van der Waals surface area contributed by atoms with Gasteiger partial charge in [-0.15, -0.1) is 0 Å². The van der Waals surface area contributed by atoms with Gasteiger partial charge in [-0.3, -0.25) is 4.79 Å². The van der Waals surface area contributed by atoms with Gasteiger partial charge in [0.25, 0.3) is 0 Å². The number of nitrogens with two attached hydrogens (primary N) is 1. The summed E-state index contributed by atoms with van der Waals surface area (Å²) in [6.07, 6.45) is 1.43. The standard InChI is InChI=1S/C20H24FNO2/c1-3-24-20(23)14(2)18-12-16(8-9-22)11-17(13-18)10-15-4-6-19(21)7-5-15/h4-7,11-14H,3,8-10,22H2,1-2H3. The van der Waals surface area contributed by atoms with Crippen molar-refractivity contribution in [2.75, 3.05) is 13.2 Å². The van der Waals surface area contributed by atoms with E-state index in [1.165, 1.54) is 12.1 Å². The first kappa shape index (κ1) is 18.1. The Morgan fingerprint density at radius 3 is 2.42 bits per heavy atom. The van der Waals surface area contributed by atoms with Crippen LogP contribution < -0.4 is 5.73 Å². The molecule has 0 saturated carbocycles. The minimum absolute atomic E-state index is 0.227. The molecule has 2 aromatic carbocycles. The molecule has 0 fully saturated rings. The zero-order valence-corrected chi connectivity index (χ0v) is 14.2. The van der Waals surface area contributed by atoms with E-state index in [1.54, 1.807) is 19.1 Å². The first-order chi connectivity index (χ1) is 11.5. The van der Waals surface area contributed by atoms with Crippen LogP contribution in [0.5, 0.6) is 0 Å². The van der Waals surface area contributed by atoms with Gasteiger partial charge in [-0.25, -0.2) is 4.39 Å². The predicted octanol–water partition coefficient (Wildman–Crippen LogP) is 3.58. The van der Waals surface area contributed by atoms with Crippen LogP contribution in [0, 0.1) is 5.82 Å². The Labute approximate surface area is 142 Å². The molecule has 3 nitrogen and oxygen atoms in total. The molecule has 0 aromatic heterocycles. The fourth-order valence-electron chi connectivity index (χ4n) is 2.70. The molecule has 0 aliphatic heterocycles. The Morgan fingerprint density at radius 1 is 1.12 bits per heavy atom. The molecule has 1 atom stereocenters. The Balaban J connectivity index is 2.29. The molecule has 0 bridgehead atoms. The lowest BCUT2D eigenvalue weighted by atomic mass is 9.93. The molecular formula is C20H24FNO2. The summed E-state index contributed by atoms with van der Waals surface area (Å²) in [6.45, 7) is 4.57. The predicted molar refractivity (Wildman–Crippen MR) is 93.5 cm³/mol. The number of benzene rings is 2. The number of ether oxygens (including phenoxy) is 1. The fraction of sp³-hybridized carbons (Fsp3) is 0.350. The highest BCUT2D eigenvalue weighted by Gasteiger charge is 2.17. The van der Waals surface area contributed by atoms with E-state index in [1.807, 2.05) is 19.1 Å². The number of carbonyl (C=O) groups excluding carboxylic acids is 1. The number of halogens is 1. The van der Waals surface area contributed by atoms with Gasteiger partial charge in [-0.1, -0.05) is 30.3 Å². The smallest absolute Gasteiger partial charge is 0.313 e. The quantitative estimate of drug-likeness (QED) is 0.790. The molecule has 2 rings (SSSR count). The molecule has 128 valence electrons. The molecule has 0 aliphatic carbocycles. The zero-order chi connectivity index (χ0) is 17.5. The van der Waals surface area contributed by atoms with Crippen molar-refractivity contribution in [1.82, 2.24) is 0 Å². The normalized spacial score (nSPS) is 12.0. The second-order valence-electron chi connectivity index (χ2n) is 5.90. The summed E-state index contributed by atoms with van der Waals surface area (Å²) >= 11 is 0. The van der Waals surface area contributed by atoms with Crippen molar-refractivity contribution in [3.05, 3.63) is 70.5 Å². The Hall–Kier alpha value is -2.20. The van der Waals surface area contributed by atoms with Gasteiger partial charge in [0.1, 0.15) is 5.82 Å². The van der Waals surface area contributed by atoms with Crippen molar-refractivity contribution in [2.24, 2.45) is 5.73 Å². The van der Waals surface area contributed by atoms with E-state index in [9.17, 15) is 9.18 Å². The summed E-state index contributed by atoms with van der Waals surface area (Å²) in [5, 5.41) is 0. The largest absolute Gasteiger partial charge is 0.466 e. The molecular weight excluding hydrogens is 305 g/mol. The van der Waals surface area contributed by atoms with E-state index >= 15 is 0 Å². The number of hydrogen-bond donors (Lipinski definition) is 1. The molecule has 0 saturated heterocycles. The van der Waals surface area contributed by atoms with Crippen LogP contribution in [0.3, 0.4) is 0 Å². The number of rotatable bonds is 7. The summed E-state index contributed by atoms with van der Waals surface area (Å²) in [5.74, 6) is -0.794. The maximum atomic E-state index is 13.1. The monoisotopic (exact) mass is 329 g/mol. The van der Waals surface area contributed by atoms with Gasteiger partial charge in [0.15, 0.2) is 0 Å². The zero-order valence-electron chi connectivity index (χ0n) is 14.2. The van der Waals surface area contributed by atoms with Crippen LogP contribution in [0.1, 0.15) is 42.0 Å². The van der Waals surface area contributed by atoms with Crippen molar-refractivity contribution in [3.63, 3.8) is 0 Å². The van der Waals surface area contributed by atoms with Crippen LogP contribution in [0.15, 0.2) is 42.5 Å². The number of carbonyl (C=O) groups is 1. The molecule has 0 aliphatic rings. The van der Waals surface area contributed by atoms with E-state index in [-0.39, 0.29) is 17.7 Å². The van der Waals surface area contributed by atoms with Crippen molar-refractivity contribution in [1.29, 1.82) is 0 Å². The minimum atomic E-state index is -0.324. The maximum Gasteiger partial charge on any atom is 0.313 e. The highest BCUT2D eigenvalue weighted by atomic mass is 19.1. The Morgan fingerprint density at radius 2 is 1.79 bits per heavy atom. The summed E-state index contributed by atoms with van der Waals surface area (Å²) in [6, 6.07) is 12.6. The molecule has 2 N–H and O–H groups in total. The highest BCUT2D eigenvalue weighted by molar-refractivity contribution is 5.77. The fourth-order valence-corrected chi connectivity index (χ4v) is 2.70. The lowest BCUT2D eigenvalue weighted by molar-refractivity contribution is -0.144. The first-order valence-electron chi connectivity index (χ1n) is 8.27. The summed E-state index contributed by atoms with van der Waals surface area (Å²) in [5.41, 5.74) is 9.81. The molecule has 1 unspecified atom stereocenters. The van der Waals surface area contributed by atoms with E-state index in [2.05, 4.69) is 6.07 Å². The molecule has 0 radical (unpaired) electrons. The third-order valence-electron chi connectivity index (χ3n) is 3.97. The lowest BCUT2D eigenvalue weighted by Gasteiger charge is -2.15. The van der Waals surface area contributed by atoms with Gasteiger partial charge < -0.3 is 10.5 Å². The van der Waals surface area contributed by atoms with E-state index in [4.69, 9.17) is 10.5 Å². The lowest BCUT2D eigenvalue weighted by Crippen LogP contribution is -2.14. The first-order valence-corrected chi connectivity index (χ1v) is 8.27. The molecule has 0 spiro atoms. The van der Waals surface area contributed by atoms with Gasteiger partial charge in [0.05, 0.1) is 12.5 Å². The second-order valence-corrected chi connectivity index (χ2v) is 5.90. The maximum absolute atomic E-state index is 13.1. The third kappa shape index (κ3) is 4.90. The van der Waals surface area contributed by atoms with Crippen LogP contribution in [0.25, 0.3) is 0 Å². The summed E-state index contributed by atoms with van der Waals surface area (Å²) in [4.78, 5) is 12.0. The number of esters is 1. The summed E-state index contributed by atoms with van der Waals surface area (Å²) in [7, 11) is 0. The average Bonchev–Trinajstić information content (AvgIpc) is 2.56. The van der Waals surface area contributed by atoms with Crippen LogP contribution in [-0.4, -0.2) is 19.1 Å². The summed E-state index contributed by atoms with van der Waals surface area (Å²) < 4.78 is 18.2. The van der Waals surface area contributed by atoms with Gasteiger partial charge in [0, 0.05) is 0 Å². The van der Waals surface area contributed by atoms with Crippen LogP contribution in [-0.2, 0) is 22.4 Å².